The zero-order chi connectivity index (χ0) is 9.84. The smallest absolute Gasteiger partial charge is 0.123 e. The average Bonchev–Trinajstić information content (AvgIpc) is 2.09. The lowest BCUT2D eigenvalue weighted by Crippen LogP contribution is -2.09. The molecular formula is C10H13ClFNO. The first-order chi connectivity index (χ1) is 6.15. The summed E-state index contributed by atoms with van der Waals surface area (Å²) < 4.78 is 12.8. The molecule has 0 aliphatic heterocycles. The summed E-state index contributed by atoms with van der Waals surface area (Å²) in [6, 6.07) is 3.34. The standard InChI is InChI=1S/C10H12FNO.ClH/c1-2-3-9(12)8-6-7(11)4-5-10(8)13;/h2,4-6,9,13H,1,3,12H2;1H/t9-;/m1./s1. The predicted molar refractivity (Wildman–Crippen MR) is 57.1 cm³/mol. The van der Waals surface area contributed by atoms with Crippen LogP contribution in [0.4, 0.5) is 4.39 Å². The molecule has 1 rings (SSSR count). The van der Waals surface area contributed by atoms with Crippen molar-refractivity contribution in [3.63, 3.8) is 0 Å². The van der Waals surface area contributed by atoms with E-state index < -0.39 is 11.9 Å². The monoisotopic (exact) mass is 217 g/mol. The second-order valence-electron chi connectivity index (χ2n) is 2.83. The number of benzene rings is 1. The SMILES string of the molecule is C=CC[C@@H](N)c1cc(F)ccc1O.Cl. The van der Waals surface area contributed by atoms with E-state index in [0.29, 0.717) is 12.0 Å². The van der Waals surface area contributed by atoms with Crippen LogP contribution in [0.25, 0.3) is 0 Å². The van der Waals surface area contributed by atoms with E-state index in [1.807, 2.05) is 0 Å². The molecule has 0 amide bonds. The third kappa shape index (κ3) is 3.01. The van der Waals surface area contributed by atoms with Gasteiger partial charge in [0, 0.05) is 11.6 Å². The van der Waals surface area contributed by atoms with E-state index >= 15 is 0 Å². The van der Waals surface area contributed by atoms with E-state index in [4.69, 9.17) is 5.73 Å². The van der Waals surface area contributed by atoms with Crippen LogP contribution in [0.3, 0.4) is 0 Å². The highest BCUT2D eigenvalue weighted by Crippen LogP contribution is 2.25. The van der Waals surface area contributed by atoms with Crippen LogP contribution in [-0.2, 0) is 0 Å². The summed E-state index contributed by atoms with van der Waals surface area (Å²) in [5.74, 6) is -0.372. The third-order valence-electron chi connectivity index (χ3n) is 1.81. The number of hydrogen-bond donors (Lipinski definition) is 2. The molecule has 0 saturated heterocycles. The molecular weight excluding hydrogens is 205 g/mol. The number of aromatic hydroxyl groups is 1. The molecule has 0 spiro atoms. The van der Waals surface area contributed by atoms with Gasteiger partial charge in [-0.25, -0.2) is 4.39 Å². The summed E-state index contributed by atoms with van der Waals surface area (Å²) in [7, 11) is 0. The Morgan fingerprint density at radius 1 is 1.57 bits per heavy atom. The Bertz CT molecular complexity index is 317. The van der Waals surface area contributed by atoms with Gasteiger partial charge in [0.25, 0.3) is 0 Å². The normalized spacial score (nSPS) is 11.6. The van der Waals surface area contributed by atoms with Crippen molar-refractivity contribution in [1.29, 1.82) is 0 Å². The molecule has 3 N–H and O–H groups in total. The van der Waals surface area contributed by atoms with Gasteiger partial charge in [-0.05, 0) is 24.6 Å². The lowest BCUT2D eigenvalue weighted by Gasteiger charge is -2.11. The highest BCUT2D eigenvalue weighted by Gasteiger charge is 2.09. The van der Waals surface area contributed by atoms with Crippen LogP contribution in [0.15, 0.2) is 30.9 Å². The number of nitrogens with two attached hydrogens (primary N) is 1. The van der Waals surface area contributed by atoms with Crippen molar-refractivity contribution >= 4 is 12.4 Å². The minimum atomic E-state index is -0.396. The van der Waals surface area contributed by atoms with Crippen molar-refractivity contribution < 1.29 is 9.50 Å². The highest BCUT2D eigenvalue weighted by molar-refractivity contribution is 5.85. The van der Waals surface area contributed by atoms with Gasteiger partial charge in [0.05, 0.1) is 0 Å². The summed E-state index contributed by atoms with van der Waals surface area (Å²) in [5.41, 5.74) is 6.09. The maximum atomic E-state index is 12.8. The zero-order valence-corrected chi connectivity index (χ0v) is 8.43. The third-order valence-corrected chi connectivity index (χ3v) is 1.81. The molecule has 0 aromatic heterocycles. The largest absolute Gasteiger partial charge is 0.508 e. The Morgan fingerprint density at radius 3 is 2.79 bits per heavy atom. The lowest BCUT2D eigenvalue weighted by molar-refractivity contribution is 0.458. The Kier molecular flexibility index (Phi) is 5.20. The zero-order valence-electron chi connectivity index (χ0n) is 7.61. The number of rotatable bonds is 3. The summed E-state index contributed by atoms with van der Waals surface area (Å²) >= 11 is 0. The Balaban J connectivity index is 0.00000169. The molecule has 78 valence electrons. The van der Waals surface area contributed by atoms with Gasteiger partial charge in [0.15, 0.2) is 0 Å². The predicted octanol–water partition coefficient (Wildman–Crippen LogP) is 2.53. The van der Waals surface area contributed by atoms with E-state index in [1.165, 1.54) is 18.2 Å². The molecule has 0 saturated carbocycles. The maximum absolute atomic E-state index is 12.8. The second kappa shape index (κ2) is 5.62. The van der Waals surface area contributed by atoms with Crippen LogP contribution in [0.1, 0.15) is 18.0 Å². The van der Waals surface area contributed by atoms with Gasteiger partial charge in [-0.3, -0.25) is 0 Å². The molecule has 0 radical (unpaired) electrons. The molecule has 0 heterocycles. The van der Waals surface area contributed by atoms with Crippen molar-refractivity contribution in [3.05, 3.63) is 42.2 Å². The van der Waals surface area contributed by atoms with Crippen molar-refractivity contribution in [1.82, 2.24) is 0 Å². The van der Waals surface area contributed by atoms with E-state index in [1.54, 1.807) is 6.08 Å². The minimum absolute atomic E-state index is 0. The van der Waals surface area contributed by atoms with E-state index in [-0.39, 0.29) is 18.2 Å². The summed E-state index contributed by atoms with van der Waals surface area (Å²) in [6.07, 6.45) is 2.14. The fourth-order valence-electron chi connectivity index (χ4n) is 1.13. The first-order valence-corrected chi connectivity index (χ1v) is 4.00. The van der Waals surface area contributed by atoms with Gasteiger partial charge in [0.1, 0.15) is 11.6 Å². The molecule has 0 aliphatic carbocycles. The van der Waals surface area contributed by atoms with E-state index in [9.17, 15) is 9.50 Å². The first-order valence-electron chi connectivity index (χ1n) is 4.00. The van der Waals surface area contributed by atoms with Crippen LogP contribution in [0.5, 0.6) is 5.75 Å². The number of phenols is 1. The number of phenolic OH excluding ortho intramolecular Hbond substituents is 1. The van der Waals surface area contributed by atoms with Gasteiger partial charge in [-0.1, -0.05) is 6.08 Å². The van der Waals surface area contributed by atoms with Crippen LogP contribution >= 0.6 is 12.4 Å². The van der Waals surface area contributed by atoms with Gasteiger partial charge in [0.2, 0.25) is 0 Å². The molecule has 0 aliphatic rings. The van der Waals surface area contributed by atoms with Crippen molar-refractivity contribution in [3.8, 4) is 5.75 Å². The first kappa shape index (κ1) is 12.9. The molecule has 4 heteroatoms. The van der Waals surface area contributed by atoms with Gasteiger partial charge in [-0.2, -0.15) is 0 Å². The van der Waals surface area contributed by atoms with E-state index in [2.05, 4.69) is 6.58 Å². The molecule has 1 atom stereocenters. The average molecular weight is 218 g/mol. The van der Waals surface area contributed by atoms with Gasteiger partial charge >= 0.3 is 0 Å². The number of halogens is 2. The second-order valence-corrected chi connectivity index (χ2v) is 2.83. The van der Waals surface area contributed by atoms with Crippen LogP contribution in [0.2, 0.25) is 0 Å². The van der Waals surface area contributed by atoms with Crippen LogP contribution in [0, 0.1) is 5.82 Å². The maximum Gasteiger partial charge on any atom is 0.123 e. The molecule has 2 nitrogen and oxygen atoms in total. The summed E-state index contributed by atoms with van der Waals surface area (Å²) in [5, 5.41) is 9.35. The van der Waals surface area contributed by atoms with Crippen molar-refractivity contribution in [2.75, 3.05) is 0 Å². The lowest BCUT2D eigenvalue weighted by atomic mass is 10.0. The molecule has 0 bridgehead atoms. The van der Waals surface area contributed by atoms with Gasteiger partial charge < -0.3 is 10.8 Å². The minimum Gasteiger partial charge on any atom is -0.508 e. The summed E-state index contributed by atoms with van der Waals surface area (Å²) in [6.45, 7) is 3.52. The Morgan fingerprint density at radius 2 is 2.21 bits per heavy atom. The topological polar surface area (TPSA) is 46.2 Å². The molecule has 0 fully saturated rings. The molecule has 14 heavy (non-hydrogen) atoms. The quantitative estimate of drug-likeness (QED) is 0.765. The molecule has 1 aromatic carbocycles. The van der Waals surface area contributed by atoms with E-state index in [0.717, 1.165) is 0 Å². The van der Waals surface area contributed by atoms with Crippen molar-refractivity contribution in [2.24, 2.45) is 5.73 Å². The summed E-state index contributed by atoms with van der Waals surface area (Å²) in [4.78, 5) is 0. The fraction of sp³-hybridized carbons (Fsp3) is 0.200. The molecule has 0 unspecified atom stereocenters. The Labute approximate surface area is 88.7 Å². The van der Waals surface area contributed by atoms with Crippen LogP contribution in [-0.4, -0.2) is 5.11 Å². The highest BCUT2D eigenvalue weighted by atomic mass is 35.5. The van der Waals surface area contributed by atoms with Crippen LogP contribution < -0.4 is 5.73 Å². The van der Waals surface area contributed by atoms with Crippen molar-refractivity contribution in [2.45, 2.75) is 12.5 Å². The number of hydrogen-bond acceptors (Lipinski definition) is 2. The van der Waals surface area contributed by atoms with Gasteiger partial charge in [-0.15, -0.1) is 19.0 Å². The Hall–Kier alpha value is -1.06. The molecule has 1 aromatic rings. The fourth-order valence-corrected chi connectivity index (χ4v) is 1.13.